The number of nitrogens with one attached hydrogen (secondary N) is 1. The summed E-state index contributed by atoms with van der Waals surface area (Å²) in [6.07, 6.45) is 2.94. The van der Waals surface area contributed by atoms with Gasteiger partial charge in [0.05, 0.1) is 12.3 Å². The Balaban J connectivity index is 1.95. The Kier molecular flexibility index (Phi) is 3.78. The Morgan fingerprint density at radius 3 is 3.12 bits per heavy atom. The second-order valence-corrected chi connectivity index (χ2v) is 5.18. The highest BCUT2D eigenvalue weighted by Gasteiger charge is 2.26. The van der Waals surface area contributed by atoms with Crippen LogP contribution in [0, 0.1) is 0 Å². The first-order valence-electron chi connectivity index (χ1n) is 5.74. The molecule has 1 amide bonds. The van der Waals surface area contributed by atoms with Crippen molar-refractivity contribution in [3.8, 4) is 0 Å². The number of aryl methyl sites for hydroxylation is 1. The summed E-state index contributed by atoms with van der Waals surface area (Å²) in [5.74, 6) is -1.01. The molecule has 0 bridgehead atoms. The van der Waals surface area contributed by atoms with Gasteiger partial charge in [0.2, 0.25) is 5.91 Å². The molecular formula is C12H15NO3S. The molecule has 92 valence electrons. The fraction of sp³-hybridized carbons (Fsp3) is 0.500. The van der Waals surface area contributed by atoms with Gasteiger partial charge in [0.25, 0.3) is 0 Å². The van der Waals surface area contributed by atoms with E-state index < -0.39 is 5.97 Å². The van der Waals surface area contributed by atoms with Crippen molar-refractivity contribution in [3.05, 3.63) is 21.9 Å². The van der Waals surface area contributed by atoms with Crippen LogP contribution in [0.4, 0.5) is 0 Å². The second kappa shape index (κ2) is 5.31. The summed E-state index contributed by atoms with van der Waals surface area (Å²) >= 11 is 1.70. The van der Waals surface area contributed by atoms with Crippen LogP contribution in [-0.2, 0) is 16.0 Å². The van der Waals surface area contributed by atoms with Crippen molar-refractivity contribution in [2.75, 3.05) is 6.54 Å². The lowest BCUT2D eigenvalue weighted by molar-refractivity contribution is -0.136. The lowest BCUT2D eigenvalue weighted by Gasteiger charge is -2.21. The van der Waals surface area contributed by atoms with Crippen molar-refractivity contribution in [3.63, 3.8) is 0 Å². The molecule has 1 aromatic heterocycles. The number of carboxylic acid groups (broad SMARTS) is 1. The Labute approximate surface area is 104 Å². The third-order valence-electron chi connectivity index (χ3n) is 3.01. The number of thiophene rings is 1. The maximum absolute atomic E-state index is 11.9. The molecule has 0 aromatic carbocycles. The van der Waals surface area contributed by atoms with Gasteiger partial charge in [0.15, 0.2) is 0 Å². The predicted molar refractivity (Wildman–Crippen MR) is 65.3 cm³/mol. The number of rotatable bonds is 4. The first-order valence-corrected chi connectivity index (χ1v) is 6.62. The average molecular weight is 253 g/mol. The normalized spacial score (nSPS) is 18.5. The van der Waals surface area contributed by atoms with Gasteiger partial charge in [-0.2, -0.15) is 0 Å². The summed E-state index contributed by atoms with van der Waals surface area (Å²) in [5, 5.41) is 13.2. The Morgan fingerprint density at radius 1 is 1.53 bits per heavy atom. The molecule has 2 rings (SSSR count). The molecular weight excluding hydrogens is 238 g/mol. The van der Waals surface area contributed by atoms with Gasteiger partial charge in [-0.25, -0.2) is 0 Å². The van der Waals surface area contributed by atoms with Gasteiger partial charge in [0, 0.05) is 11.4 Å². The second-order valence-electron chi connectivity index (χ2n) is 4.18. The molecule has 1 aliphatic carbocycles. The Hall–Kier alpha value is -1.36. The Bertz CT molecular complexity index is 427. The number of carbonyl (C=O) groups excluding carboxylic acids is 1. The summed E-state index contributed by atoms with van der Waals surface area (Å²) in [4.78, 5) is 23.6. The number of hydrogen-bond acceptors (Lipinski definition) is 3. The van der Waals surface area contributed by atoms with Crippen LogP contribution in [0.15, 0.2) is 11.4 Å². The highest BCUT2D eigenvalue weighted by Crippen LogP contribution is 2.34. The molecule has 0 saturated carbocycles. The Morgan fingerprint density at radius 2 is 2.35 bits per heavy atom. The van der Waals surface area contributed by atoms with Gasteiger partial charge in [-0.15, -0.1) is 11.3 Å². The largest absolute Gasteiger partial charge is 0.481 e. The minimum atomic E-state index is -0.884. The van der Waals surface area contributed by atoms with Crippen molar-refractivity contribution < 1.29 is 14.7 Å². The summed E-state index contributed by atoms with van der Waals surface area (Å²) in [6.45, 7) is 0.212. The highest BCUT2D eigenvalue weighted by molar-refractivity contribution is 7.10. The van der Waals surface area contributed by atoms with Gasteiger partial charge >= 0.3 is 5.97 Å². The van der Waals surface area contributed by atoms with Crippen molar-refractivity contribution in [1.82, 2.24) is 5.32 Å². The van der Waals surface area contributed by atoms with Crippen LogP contribution in [0.3, 0.4) is 0 Å². The number of fused-ring (bicyclic) bond motifs is 1. The monoisotopic (exact) mass is 253 g/mol. The van der Waals surface area contributed by atoms with Crippen LogP contribution >= 0.6 is 11.3 Å². The highest BCUT2D eigenvalue weighted by atomic mass is 32.1. The van der Waals surface area contributed by atoms with E-state index in [1.165, 1.54) is 4.88 Å². The SMILES string of the molecule is O=C(O)CCNC(=O)C1CCCc2sccc21. The molecule has 2 N–H and O–H groups in total. The van der Waals surface area contributed by atoms with Crippen LogP contribution in [0.5, 0.6) is 0 Å². The standard InChI is InChI=1S/C12H15NO3S/c14-11(15)4-6-13-12(16)9-2-1-3-10-8(9)5-7-17-10/h5,7,9H,1-4,6H2,(H,13,16)(H,14,15). The molecule has 0 radical (unpaired) electrons. The third kappa shape index (κ3) is 2.85. The minimum Gasteiger partial charge on any atom is -0.481 e. The zero-order chi connectivity index (χ0) is 12.3. The van der Waals surface area contributed by atoms with E-state index in [2.05, 4.69) is 5.32 Å². The predicted octanol–water partition coefficient (Wildman–Crippen LogP) is 1.76. The van der Waals surface area contributed by atoms with E-state index in [0.29, 0.717) is 0 Å². The maximum Gasteiger partial charge on any atom is 0.305 e. The number of carboxylic acids is 1. The van der Waals surface area contributed by atoms with E-state index in [0.717, 1.165) is 24.8 Å². The fourth-order valence-corrected chi connectivity index (χ4v) is 3.16. The molecule has 0 fully saturated rings. The van der Waals surface area contributed by atoms with E-state index >= 15 is 0 Å². The first-order chi connectivity index (χ1) is 8.18. The van der Waals surface area contributed by atoms with Crippen LogP contribution in [0.2, 0.25) is 0 Å². The molecule has 1 aliphatic rings. The third-order valence-corrected chi connectivity index (χ3v) is 4.00. The van der Waals surface area contributed by atoms with Crippen molar-refractivity contribution in [2.45, 2.75) is 31.6 Å². The van der Waals surface area contributed by atoms with Crippen molar-refractivity contribution in [1.29, 1.82) is 0 Å². The lowest BCUT2D eigenvalue weighted by Crippen LogP contribution is -2.32. The fourth-order valence-electron chi connectivity index (χ4n) is 2.17. The van der Waals surface area contributed by atoms with Gasteiger partial charge in [-0.05, 0) is 36.3 Å². The van der Waals surface area contributed by atoms with Crippen LogP contribution in [0.1, 0.15) is 35.6 Å². The van der Waals surface area contributed by atoms with Crippen molar-refractivity contribution in [2.24, 2.45) is 0 Å². The van der Waals surface area contributed by atoms with E-state index in [1.807, 2.05) is 11.4 Å². The number of carbonyl (C=O) groups is 2. The molecule has 0 spiro atoms. The molecule has 1 unspecified atom stereocenters. The molecule has 0 aliphatic heterocycles. The lowest BCUT2D eigenvalue weighted by atomic mass is 9.87. The molecule has 0 saturated heterocycles. The summed E-state index contributed by atoms with van der Waals surface area (Å²) in [6, 6.07) is 2.01. The smallest absolute Gasteiger partial charge is 0.305 e. The summed E-state index contributed by atoms with van der Waals surface area (Å²) in [7, 11) is 0. The number of amides is 1. The van der Waals surface area contributed by atoms with Crippen LogP contribution < -0.4 is 5.32 Å². The topological polar surface area (TPSA) is 66.4 Å². The minimum absolute atomic E-state index is 0.0189. The zero-order valence-electron chi connectivity index (χ0n) is 9.44. The first kappa shape index (κ1) is 12.1. The molecule has 1 aromatic rings. The zero-order valence-corrected chi connectivity index (χ0v) is 10.3. The summed E-state index contributed by atoms with van der Waals surface area (Å²) < 4.78 is 0. The van der Waals surface area contributed by atoms with Gasteiger partial charge in [-0.1, -0.05) is 0 Å². The number of aliphatic carboxylic acids is 1. The van der Waals surface area contributed by atoms with Crippen LogP contribution in [0.25, 0.3) is 0 Å². The van der Waals surface area contributed by atoms with E-state index in [4.69, 9.17) is 5.11 Å². The van der Waals surface area contributed by atoms with E-state index in [9.17, 15) is 9.59 Å². The van der Waals surface area contributed by atoms with Gasteiger partial charge < -0.3 is 10.4 Å². The van der Waals surface area contributed by atoms with E-state index in [1.54, 1.807) is 11.3 Å². The molecule has 5 heteroatoms. The number of hydrogen-bond donors (Lipinski definition) is 2. The molecule has 1 atom stereocenters. The quantitative estimate of drug-likeness (QED) is 0.859. The van der Waals surface area contributed by atoms with Crippen LogP contribution in [-0.4, -0.2) is 23.5 Å². The maximum atomic E-state index is 11.9. The molecule has 1 heterocycles. The molecule has 4 nitrogen and oxygen atoms in total. The summed E-state index contributed by atoms with van der Waals surface area (Å²) in [5.41, 5.74) is 1.13. The average Bonchev–Trinajstić information content (AvgIpc) is 2.75. The van der Waals surface area contributed by atoms with E-state index in [-0.39, 0.29) is 24.8 Å². The van der Waals surface area contributed by atoms with Gasteiger partial charge in [-0.3, -0.25) is 9.59 Å². The van der Waals surface area contributed by atoms with Crippen molar-refractivity contribution >= 4 is 23.2 Å². The van der Waals surface area contributed by atoms with Gasteiger partial charge in [0.1, 0.15) is 0 Å². The molecule has 17 heavy (non-hydrogen) atoms.